The first-order valence-electron chi connectivity index (χ1n) is 7.93. The molecule has 1 aliphatic rings. The van der Waals surface area contributed by atoms with E-state index in [9.17, 15) is 22.4 Å². The Morgan fingerprint density at radius 3 is 2.50 bits per heavy atom. The molecule has 0 amide bonds. The summed E-state index contributed by atoms with van der Waals surface area (Å²) in [5.41, 5.74) is 0.394. The van der Waals surface area contributed by atoms with E-state index < -0.39 is 35.4 Å². The lowest BCUT2D eigenvalue weighted by atomic mass is 10.0. The summed E-state index contributed by atoms with van der Waals surface area (Å²) in [6.45, 7) is 0.747. The fourth-order valence-electron chi connectivity index (χ4n) is 2.49. The van der Waals surface area contributed by atoms with Crippen molar-refractivity contribution < 1.29 is 32.2 Å². The van der Waals surface area contributed by atoms with Crippen molar-refractivity contribution in [2.24, 2.45) is 0 Å². The number of alkyl halides is 3. The zero-order chi connectivity index (χ0) is 19.1. The summed E-state index contributed by atoms with van der Waals surface area (Å²) in [5.74, 6) is -2.60. The number of ether oxygens (including phenoxy) is 1. The van der Waals surface area contributed by atoms with Crippen LogP contribution in [-0.4, -0.2) is 28.3 Å². The van der Waals surface area contributed by atoms with E-state index in [1.165, 1.54) is 0 Å². The second kappa shape index (κ2) is 6.59. The van der Waals surface area contributed by atoms with Crippen molar-refractivity contribution in [3.05, 3.63) is 47.4 Å². The number of benzene rings is 1. The lowest BCUT2D eigenvalue weighted by molar-refractivity contribution is -0.189. The van der Waals surface area contributed by atoms with Gasteiger partial charge in [0.25, 0.3) is 0 Å². The first kappa shape index (κ1) is 18.2. The quantitative estimate of drug-likeness (QED) is 0.770. The SMILES string of the molecule is CC(Oc1cc(-c2ccc(C3CC3)cn2)c(F)cc1C(=O)O)C(F)(F)F. The van der Waals surface area contributed by atoms with Gasteiger partial charge >= 0.3 is 12.1 Å². The Labute approximate surface area is 146 Å². The Bertz CT molecular complexity index is 830. The topological polar surface area (TPSA) is 59.4 Å². The molecule has 8 heteroatoms. The summed E-state index contributed by atoms with van der Waals surface area (Å²) in [6, 6.07) is 4.93. The van der Waals surface area contributed by atoms with Crippen LogP contribution in [0.2, 0.25) is 0 Å². The normalized spacial score (nSPS) is 15.6. The lowest BCUT2D eigenvalue weighted by Gasteiger charge is -2.19. The number of carboxylic acids is 1. The first-order chi connectivity index (χ1) is 12.2. The predicted molar refractivity (Wildman–Crippen MR) is 84.7 cm³/mol. The molecule has 138 valence electrons. The minimum atomic E-state index is -4.69. The van der Waals surface area contributed by atoms with Gasteiger partial charge in [0, 0.05) is 11.8 Å². The fourth-order valence-corrected chi connectivity index (χ4v) is 2.49. The van der Waals surface area contributed by atoms with E-state index >= 15 is 0 Å². The summed E-state index contributed by atoms with van der Waals surface area (Å²) in [6.07, 6.45) is -3.21. The van der Waals surface area contributed by atoms with Crippen LogP contribution in [0.3, 0.4) is 0 Å². The van der Waals surface area contributed by atoms with Crippen molar-refractivity contribution in [2.45, 2.75) is 38.0 Å². The number of hydrogen-bond donors (Lipinski definition) is 1. The average molecular weight is 369 g/mol. The number of hydrogen-bond acceptors (Lipinski definition) is 3. The highest BCUT2D eigenvalue weighted by molar-refractivity contribution is 5.92. The third-order valence-corrected chi connectivity index (χ3v) is 4.18. The van der Waals surface area contributed by atoms with Crippen molar-refractivity contribution in [3.63, 3.8) is 0 Å². The summed E-state index contributed by atoms with van der Waals surface area (Å²) in [4.78, 5) is 15.4. The third kappa shape index (κ3) is 3.79. The summed E-state index contributed by atoms with van der Waals surface area (Å²) < 4.78 is 57.3. The molecule has 1 unspecified atom stereocenters. The number of rotatable bonds is 5. The maximum absolute atomic E-state index is 14.3. The van der Waals surface area contributed by atoms with Gasteiger partial charge in [0.15, 0.2) is 6.10 Å². The Morgan fingerprint density at radius 1 is 1.31 bits per heavy atom. The highest BCUT2D eigenvalue weighted by Crippen LogP contribution is 2.40. The molecule has 0 aliphatic heterocycles. The van der Waals surface area contributed by atoms with Crippen LogP contribution in [0.25, 0.3) is 11.3 Å². The molecule has 1 N–H and O–H groups in total. The lowest BCUT2D eigenvalue weighted by Crippen LogP contribution is -2.31. The number of carboxylic acid groups (broad SMARTS) is 1. The van der Waals surface area contributed by atoms with Crippen LogP contribution in [0.1, 0.15) is 41.6 Å². The molecule has 0 spiro atoms. The molecule has 0 saturated heterocycles. The maximum Gasteiger partial charge on any atom is 0.425 e. The number of halogens is 4. The Balaban J connectivity index is 1.99. The molecule has 0 bridgehead atoms. The van der Waals surface area contributed by atoms with Crippen LogP contribution < -0.4 is 4.74 Å². The molecule has 1 saturated carbocycles. The summed E-state index contributed by atoms with van der Waals surface area (Å²) in [7, 11) is 0. The number of pyridine rings is 1. The van der Waals surface area contributed by atoms with Crippen molar-refractivity contribution in [1.82, 2.24) is 4.98 Å². The van der Waals surface area contributed by atoms with Gasteiger partial charge in [-0.05, 0) is 49.4 Å². The zero-order valence-electron chi connectivity index (χ0n) is 13.7. The molecular formula is C18H15F4NO3. The summed E-state index contributed by atoms with van der Waals surface area (Å²) in [5, 5.41) is 9.13. The van der Waals surface area contributed by atoms with Crippen LogP contribution >= 0.6 is 0 Å². The monoisotopic (exact) mass is 369 g/mol. The van der Waals surface area contributed by atoms with Gasteiger partial charge in [-0.1, -0.05) is 6.07 Å². The van der Waals surface area contributed by atoms with Crippen LogP contribution in [0.5, 0.6) is 5.75 Å². The highest BCUT2D eigenvalue weighted by atomic mass is 19.4. The van der Waals surface area contributed by atoms with Crippen LogP contribution in [0.15, 0.2) is 30.5 Å². The molecule has 26 heavy (non-hydrogen) atoms. The molecule has 1 atom stereocenters. The summed E-state index contributed by atoms with van der Waals surface area (Å²) >= 11 is 0. The van der Waals surface area contributed by atoms with Gasteiger partial charge in [0.2, 0.25) is 0 Å². The van der Waals surface area contributed by atoms with Crippen molar-refractivity contribution in [3.8, 4) is 17.0 Å². The predicted octanol–water partition coefficient (Wildman–Crippen LogP) is 4.79. The van der Waals surface area contributed by atoms with E-state index in [-0.39, 0.29) is 11.3 Å². The molecule has 1 aliphatic carbocycles. The van der Waals surface area contributed by atoms with E-state index in [1.54, 1.807) is 18.3 Å². The minimum Gasteiger partial charge on any atom is -0.480 e. The van der Waals surface area contributed by atoms with E-state index in [1.807, 2.05) is 0 Å². The second-order valence-electron chi connectivity index (χ2n) is 6.19. The molecule has 2 aromatic rings. The van der Waals surface area contributed by atoms with Crippen LogP contribution in [-0.2, 0) is 0 Å². The van der Waals surface area contributed by atoms with E-state index in [4.69, 9.17) is 9.84 Å². The molecule has 4 nitrogen and oxygen atoms in total. The van der Waals surface area contributed by atoms with Gasteiger partial charge in [-0.15, -0.1) is 0 Å². The van der Waals surface area contributed by atoms with Crippen LogP contribution in [0, 0.1) is 5.82 Å². The molecule has 1 heterocycles. The first-order valence-corrected chi connectivity index (χ1v) is 7.93. The highest BCUT2D eigenvalue weighted by Gasteiger charge is 2.39. The van der Waals surface area contributed by atoms with Crippen molar-refractivity contribution >= 4 is 5.97 Å². The minimum absolute atomic E-state index is 0.123. The largest absolute Gasteiger partial charge is 0.480 e. The molecular weight excluding hydrogens is 354 g/mol. The average Bonchev–Trinajstić information content (AvgIpc) is 3.40. The number of carbonyl (C=O) groups is 1. The molecule has 3 rings (SSSR count). The number of nitrogens with zero attached hydrogens (tertiary/aromatic N) is 1. The molecule has 0 radical (unpaired) electrons. The van der Waals surface area contributed by atoms with Gasteiger partial charge in [-0.3, -0.25) is 4.98 Å². The fraction of sp³-hybridized carbons (Fsp3) is 0.333. The van der Waals surface area contributed by atoms with E-state index in [0.717, 1.165) is 31.4 Å². The standard InChI is InChI=1S/C18H15F4NO3/c1-9(18(20,21)22)26-16-7-12(14(19)6-13(16)17(24)25)15-5-4-11(8-23-15)10-2-3-10/h4-10H,2-3H2,1H3,(H,24,25). The Kier molecular flexibility index (Phi) is 4.60. The van der Waals surface area contributed by atoms with Gasteiger partial charge in [-0.25, -0.2) is 9.18 Å². The van der Waals surface area contributed by atoms with E-state index in [2.05, 4.69) is 4.98 Å². The van der Waals surface area contributed by atoms with Crippen molar-refractivity contribution in [1.29, 1.82) is 0 Å². The van der Waals surface area contributed by atoms with Gasteiger partial charge in [0.1, 0.15) is 17.1 Å². The van der Waals surface area contributed by atoms with Crippen molar-refractivity contribution in [2.75, 3.05) is 0 Å². The van der Waals surface area contributed by atoms with Gasteiger partial charge in [-0.2, -0.15) is 13.2 Å². The zero-order valence-corrected chi connectivity index (χ0v) is 13.7. The van der Waals surface area contributed by atoms with E-state index in [0.29, 0.717) is 12.0 Å². The number of aromatic carboxylic acids is 1. The maximum atomic E-state index is 14.3. The Hall–Kier alpha value is -2.64. The second-order valence-corrected chi connectivity index (χ2v) is 6.19. The molecule has 1 fully saturated rings. The molecule has 1 aromatic carbocycles. The van der Waals surface area contributed by atoms with Crippen LogP contribution in [0.4, 0.5) is 17.6 Å². The Morgan fingerprint density at radius 2 is 2.00 bits per heavy atom. The van der Waals surface area contributed by atoms with Gasteiger partial charge in [0.05, 0.1) is 5.69 Å². The smallest absolute Gasteiger partial charge is 0.425 e. The third-order valence-electron chi connectivity index (χ3n) is 4.18. The van der Waals surface area contributed by atoms with Gasteiger partial charge < -0.3 is 9.84 Å². The number of aromatic nitrogens is 1. The molecule has 1 aromatic heterocycles.